The number of nitrogens with one attached hydrogen (secondary N) is 1. The number of amides is 1. The lowest BCUT2D eigenvalue weighted by molar-refractivity contribution is -0.147. The number of hydrogen-bond acceptors (Lipinski definition) is 4. The average Bonchev–Trinajstić information content (AvgIpc) is 2.63. The molecule has 2 fully saturated rings. The molecule has 108 valence electrons. The van der Waals surface area contributed by atoms with Crippen molar-refractivity contribution in [3.63, 3.8) is 0 Å². The van der Waals surface area contributed by atoms with Gasteiger partial charge < -0.3 is 15.0 Å². The Labute approximate surface area is 114 Å². The maximum Gasteiger partial charge on any atom is 0.310 e. The number of rotatable bonds is 3. The first kappa shape index (κ1) is 14.3. The van der Waals surface area contributed by atoms with Crippen molar-refractivity contribution in [3.05, 3.63) is 0 Å². The van der Waals surface area contributed by atoms with Crippen LogP contribution in [0.2, 0.25) is 0 Å². The van der Waals surface area contributed by atoms with Crippen LogP contribution in [-0.4, -0.2) is 49.6 Å². The normalized spacial score (nSPS) is 32.2. The van der Waals surface area contributed by atoms with Crippen molar-refractivity contribution in [1.82, 2.24) is 10.2 Å². The Morgan fingerprint density at radius 1 is 1.26 bits per heavy atom. The van der Waals surface area contributed by atoms with Crippen LogP contribution in [0.15, 0.2) is 0 Å². The largest absolute Gasteiger partial charge is 0.469 e. The van der Waals surface area contributed by atoms with Gasteiger partial charge in [0.1, 0.15) is 0 Å². The Morgan fingerprint density at radius 3 is 2.63 bits per heavy atom. The third-order valence-corrected chi connectivity index (χ3v) is 4.36. The van der Waals surface area contributed by atoms with E-state index >= 15 is 0 Å². The molecular formula is C14H24N2O3. The zero-order chi connectivity index (χ0) is 13.8. The van der Waals surface area contributed by atoms with Crippen LogP contribution in [0.1, 0.15) is 38.5 Å². The molecule has 0 radical (unpaired) electrons. The molecule has 5 nitrogen and oxygen atoms in total. The minimum atomic E-state index is -0.141. The van der Waals surface area contributed by atoms with Gasteiger partial charge in [-0.15, -0.1) is 0 Å². The van der Waals surface area contributed by atoms with Gasteiger partial charge in [-0.3, -0.25) is 9.59 Å². The summed E-state index contributed by atoms with van der Waals surface area (Å²) >= 11 is 0. The van der Waals surface area contributed by atoms with Crippen molar-refractivity contribution in [1.29, 1.82) is 0 Å². The van der Waals surface area contributed by atoms with Gasteiger partial charge in [-0.1, -0.05) is 19.3 Å². The van der Waals surface area contributed by atoms with Crippen LogP contribution in [-0.2, 0) is 14.3 Å². The summed E-state index contributed by atoms with van der Waals surface area (Å²) in [5, 5.41) is 3.41. The van der Waals surface area contributed by atoms with E-state index in [9.17, 15) is 9.59 Å². The fourth-order valence-electron chi connectivity index (χ4n) is 3.18. The molecular weight excluding hydrogens is 244 g/mol. The molecule has 3 atom stereocenters. The molecule has 0 bridgehead atoms. The number of likely N-dealkylation sites (tertiary alicyclic amines) is 1. The fraction of sp³-hybridized carbons (Fsp3) is 0.857. The van der Waals surface area contributed by atoms with E-state index in [1.165, 1.54) is 7.11 Å². The summed E-state index contributed by atoms with van der Waals surface area (Å²) in [5.41, 5.74) is 0. The van der Waals surface area contributed by atoms with E-state index in [0.29, 0.717) is 0 Å². The summed E-state index contributed by atoms with van der Waals surface area (Å²) in [6.07, 6.45) is 5.98. The van der Waals surface area contributed by atoms with Gasteiger partial charge in [0.25, 0.3) is 0 Å². The molecule has 1 aliphatic carbocycles. The second-order valence-corrected chi connectivity index (χ2v) is 5.64. The minimum absolute atomic E-state index is 0.0791. The van der Waals surface area contributed by atoms with E-state index in [0.717, 1.165) is 45.1 Å². The first-order valence-electron chi connectivity index (χ1n) is 7.22. The van der Waals surface area contributed by atoms with Gasteiger partial charge in [0.15, 0.2) is 0 Å². The van der Waals surface area contributed by atoms with Crippen LogP contribution >= 0.6 is 0 Å². The third-order valence-electron chi connectivity index (χ3n) is 4.36. The second kappa shape index (κ2) is 6.37. The van der Waals surface area contributed by atoms with Crippen molar-refractivity contribution in [3.8, 4) is 0 Å². The molecule has 1 saturated carbocycles. The van der Waals surface area contributed by atoms with E-state index in [1.807, 2.05) is 7.05 Å². The SMILES string of the molecule is COC(=O)[C@@H]1CCCCC[C@@H]1N[C@H]1CCN(C)C1=O. The van der Waals surface area contributed by atoms with Crippen LogP contribution in [0.5, 0.6) is 0 Å². The molecule has 1 heterocycles. The highest BCUT2D eigenvalue weighted by Crippen LogP contribution is 2.26. The Hall–Kier alpha value is -1.10. The molecule has 1 saturated heterocycles. The fourth-order valence-corrected chi connectivity index (χ4v) is 3.18. The zero-order valence-corrected chi connectivity index (χ0v) is 11.9. The van der Waals surface area contributed by atoms with Crippen LogP contribution in [0, 0.1) is 5.92 Å². The number of hydrogen-bond donors (Lipinski definition) is 1. The second-order valence-electron chi connectivity index (χ2n) is 5.64. The molecule has 0 aromatic heterocycles. The number of nitrogens with zero attached hydrogens (tertiary/aromatic N) is 1. The van der Waals surface area contributed by atoms with Crippen molar-refractivity contribution < 1.29 is 14.3 Å². The lowest BCUT2D eigenvalue weighted by Crippen LogP contribution is -2.48. The van der Waals surface area contributed by atoms with E-state index in [4.69, 9.17) is 4.74 Å². The number of carbonyl (C=O) groups is 2. The first-order chi connectivity index (χ1) is 9.13. The molecule has 1 N–H and O–H groups in total. The molecule has 0 spiro atoms. The summed E-state index contributed by atoms with van der Waals surface area (Å²) in [5.74, 6) is -0.0998. The molecule has 19 heavy (non-hydrogen) atoms. The highest BCUT2D eigenvalue weighted by Gasteiger charge is 2.36. The molecule has 0 unspecified atom stereocenters. The van der Waals surface area contributed by atoms with Crippen LogP contribution < -0.4 is 5.32 Å². The van der Waals surface area contributed by atoms with Crippen LogP contribution in [0.25, 0.3) is 0 Å². The average molecular weight is 268 g/mol. The van der Waals surface area contributed by atoms with Crippen molar-refractivity contribution in [2.75, 3.05) is 20.7 Å². The lowest BCUT2D eigenvalue weighted by Gasteiger charge is -2.26. The molecule has 0 aromatic carbocycles. The highest BCUT2D eigenvalue weighted by molar-refractivity contribution is 5.83. The zero-order valence-electron chi connectivity index (χ0n) is 11.9. The number of esters is 1. The van der Waals surface area contributed by atoms with Crippen molar-refractivity contribution in [2.45, 2.75) is 50.6 Å². The van der Waals surface area contributed by atoms with Gasteiger partial charge in [-0.2, -0.15) is 0 Å². The number of carbonyl (C=O) groups excluding carboxylic acids is 2. The van der Waals surface area contributed by atoms with Crippen molar-refractivity contribution >= 4 is 11.9 Å². The van der Waals surface area contributed by atoms with Crippen LogP contribution in [0.4, 0.5) is 0 Å². The monoisotopic (exact) mass is 268 g/mol. The van der Waals surface area contributed by atoms with Gasteiger partial charge in [0.2, 0.25) is 5.91 Å². The molecule has 1 aliphatic heterocycles. The molecule has 1 amide bonds. The highest BCUT2D eigenvalue weighted by atomic mass is 16.5. The molecule has 2 aliphatic rings. The molecule has 5 heteroatoms. The smallest absolute Gasteiger partial charge is 0.310 e. The molecule has 2 rings (SSSR count). The maximum atomic E-state index is 12.0. The summed E-state index contributed by atoms with van der Waals surface area (Å²) in [7, 11) is 3.27. The van der Waals surface area contributed by atoms with E-state index < -0.39 is 0 Å². The van der Waals surface area contributed by atoms with Gasteiger partial charge in [-0.05, 0) is 19.3 Å². The Kier molecular flexibility index (Phi) is 4.80. The number of likely N-dealkylation sites (N-methyl/N-ethyl adjacent to an activating group) is 1. The predicted molar refractivity (Wildman–Crippen MR) is 71.6 cm³/mol. The van der Waals surface area contributed by atoms with Gasteiger partial charge >= 0.3 is 5.97 Å². The first-order valence-corrected chi connectivity index (χ1v) is 7.22. The van der Waals surface area contributed by atoms with Crippen molar-refractivity contribution in [2.24, 2.45) is 5.92 Å². The van der Waals surface area contributed by atoms with Gasteiger partial charge in [0.05, 0.1) is 19.1 Å². The predicted octanol–water partition coefficient (Wildman–Crippen LogP) is 0.929. The Morgan fingerprint density at radius 2 is 2.00 bits per heavy atom. The Balaban J connectivity index is 2.02. The standard InChI is InChI=1S/C14H24N2O3/c1-16-9-8-12(13(16)17)15-11-7-5-3-4-6-10(11)14(18)19-2/h10-12,15H,3-9H2,1-2H3/t10-,11+,12+/m1/s1. The third kappa shape index (κ3) is 3.26. The molecule has 0 aromatic rings. The Bertz CT molecular complexity index is 346. The quantitative estimate of drug-likeness (QED) is 0.611. The maximum absolute atomic E-state index is 12.0. The topological polar surface area (TPSA) is 58.6 Å². The minimum Gasteiger partial charge on any atom is -0.469 e. The van der Waals surface area contributed by atoms with E-state index in [2.05, 4.69) is 5.32 Å². The summed E-state index contributed by atoms with van der Waals surface area (Å²) < 4.78 is 4.91. The summed E-state index contributed by atoms with van der Waals surface area (Å²) in [6, 6.07) is -0.0457. The number of methoxy groups -OCH3 is 1. The summed E-state index contributed by atoms with van der Waals surface area (Å²) in [4.78, 5) is 25.6. The number of ether oxygens (including phenoxy) is 1. The lowest BCUT2D eigenvalue weighted by atomic mass is 9.94. The van der Waals surface area contributed by atoms with Gasteiger partial charge in [-0.25, -0.2) is 0 Å². The van der Waals surface area contributed by atoms with Crippen LogP contribution in [0.3, 0.4) is 0 Å². The summed E-state index contributed by atoms with van der Waals surface area (Å²) in [6.45, 7) is 0.798. The van der Waals surface area contributed by atoms with E-state index in [1.54, 1.807) is 4.90 Å². The van der Waals surface area contributed by atoms with Gasteiger partial charge in [0, 0.05) is 19.6 Å². The van der Waals surface area contributed by atoms with E-state index in [-0.39, 0.29) is 29.9 Å².